The van der Waals surface area contributed by atoms with Crippen LogP contribution in [-0.2, 0) is 9.59 Å². The summed E-state index contributed by atoms with van der Waals surface area (Å²) < 4.78 is 136. The van der Waals surface area contributed by atoms with E-state index >= 15 is 0 Å². The number of nitrogens with one attached hydrogen (secondary N) is 3. The minimum absolute atomic E-state index is 0.0375. The average Bonchev–Trinajstić information content (AvgIpc) is 3.33. The van der Waals surface area contributed by atoms with Gasteiger partial charge >= 0.3 is 18.9 Å². The van der Waals surface area contributed by atoms with Gasteiger partial charge in [-0.15, -0.1) is 26.3 Å². The van der Waals surface area contributed by atoms with Gasteiger partial charge in [-0.3, -0.25) is 14.4 Å². The second-order valence-corrected chi connectivity index (χ2v) is 14.6. The summed E-state index contributed by atoms with van der Waals surface area (Å²) >= 11 is 0. The second-order valence-electron chi connectivity index (χ2n) is 14.6. The van der Waals surface area contributed by atoms with Gasteiger partial charge < -0.3 is 39.8 Å². The zero-order valence-electron chi connectivity index (χ0n) is 31.2. The van der Waals surface area contributed by atoms with Crippen molar-refractivity contribution >= 4 is 23.5 Å². The Balaban J connectivity index is 1.41. The van der Waals surface area contributed by atoms with Gasteiger partial charge in [0.2, 0.25) is 0 Å². The standard InChI is InChI=1S/C37H38F9N5O7/c1-32(2,55-24-9-5-7-11-26(24)57-36(41,42)43)30(53)49-22-17-23-15-16-34(18-22,51(23)28-14-13-21(19-47-28)29(52)48-20-35(38,39)40)50-31(54)33(3,4)56-25-10-6-8-12-27(25)58-37(44,45)46/h5-14,19,22-23H,15-18,20H2,1-4H3,(H,48,52)(H,49,53)(H,50,54). The Hall–Kier alpha value is -5.63. The Labute approximate surface area is 325 Å². The third-order valence-corrected chi connectivity index (χ3v) is 9.22. The molecule has 2 saturated heterocycles. The van der Waals surface area contributed by atoms with E-state index in [1.54, 1.807) is 10.2 Å². The van der Waals surface area contributed by atoms with Gasteiger partial charge in [-0.25, -0.2) is 4.98 Å². The van der Waals surface area contributed by atoms with E-state index in [1.165, 1.54) is 76.2 Å². The predicted molar refractivity (Wildman–Crippen MR) is 186 cm³/mol. The van der Waals surface area contributed by atoms with Gasteiger partial charge in [0.1, 0.15) is 18.0 Å². The molecule has 58 heavy (non-hydrogen) atoms. The van der Waals surface area contributed by atoms with Crippen molar-refractivity contribution in [3.8, 4) is 23.0 Å². The van der Waals surface area contributed by atoms with E-state index < -0.39 is 89.4 Å². The van der Waals surface area contributed by atoms with Gasteiger partial charge in [0.05, 0.1) is 5.56 Å². The highest BCUT2D eigenvalue weighted by Gasteiger charge is 2.55. The van der Waals surface area contributed by atoms with E-state index in [1.807, 2.05) is 0 Å². The van der Waals surface area contributed by atoms with E-state index in [4.69, 9.17) is 9.47 Å². The predicted octanol–water partition coefficient (Wildman–Crippen LogP) is 6.95. The number of rotatable bonds is 13. The lowest BCUT2D eigenvalue weighted by molar-refractivity contribution is -0.276. The zero-order valence-corrected chi connectivity index (χ0v) is 31.2. The van der Waals surface area contributed by atoms with Crippen LogP contribution in [0.3, 0.4) is 0 Å². The first-order valence-electron chi connectivity index (χ1n) is 17.6. The van der Waals surface area contributed by atoms with Crippen LogP contribution in [0.4, 0.5) is 45.3 Å². The average molecular weight is 836 g/mol. The Kier molecular flexibility index (Phi) is 12.0. The Morgan fingerprint density at radius 2 is 1.24 bits per heavy atom. The number of anilines is 1. The number of piperidine rings is 1. The summed E-state index contributed by atoms with van der Waals surface area (Å²) in [5, 5.41) is 7.54. The maximum Gasteiger partial charge on any atom is 0.573 e. The molecule has 2 bridgehead atoms. The van der Waals surface area contributed by atoms with Crippen LogP contribution in [0.25, 0.3) is 0 Å². The maximum atomic E-state index is 14.1. The number of hydrogen-bond donors (Lipinski definition) is 3. The number of para-hydroxylation sites is 4. The molecule has 12 nitrogen and oxygen atoms in total. The molecule has 2 aliphatic heterocycles. The summed E-state index contributed by atoms with van der Waals surface area (Å²) in [6.07, 6.45) is -12.9. The molecule has 0 aliphatic carbocycles. The SMILES string of the molecule is CC(C)(Oc1ccccc1OC(F)(F)F)C(=O)NC1CC2CCC(NC(=O)C(C)(C)Oc3ccccc3OC(F)(F)F)(C1)N2c1ccc(C(=O)NCC(F)(F)F)cn1. The van der Waals surface area contributed by atoms with Gasteiger partial charge in [-0.2, -0.15) is 13.2 Å². The fraction of sp³-hybridized carbons (Fsp3) is 0.459. The van der Waals surface area contributed by atoms with E-state index in [2.05, 4.69) is 25.1 Å². The van der Waals surface area contributed by atoms with Crippen LogP contribution in [0, 0.1) is 0 Å². The summed E-state index contributed by atoms with van der Waals surface area (Å²) in [5.41, 5.74) is -5.23. The number of amides is 3. The van der Waals surface area contributed by atoms with Crippen LogP contribution in [0.5, 0.6) is 23.0 Å². The summed E-state index contributed by atoms with van der Waals surface area (Å²) in [7, 11) is 0. The second kappa shape index (κ2) is 16.0. The highest BCUT2D eigenvalue weighted by atomic mass is 19.4. The van der Waals surface area contributed by atoms with Gasteiger partial charge in [0.25, 0.3) is 17.7 Å². The number of nitrogens with zero attached hydrogens (tertiary/aromatic N) is 2. The number of benzene rings is 2. The van der Waals surface area contributed by atoms with Crippen LogP contribution in [-0.4, -0.2) is 77.1 Å². The smallest absolute Gasteiger partial charge is 0.474 e. The van der Waals surface area contributed by atoms with Crippen LogP contribution >= 0.6 is 0 Å². The fourth-order valence-corrected chi connectivity index (χ4v) is 6.73. The van der Waals surface area contributed by atoms with Gasteiger partial charge in [0.15, 0.2) is 34.2 Å². The van der Waals surface area contributed by atoms with Crippen molar-refractivity contribution in [1.82, 2.24) is 20.9 Å². The lowest BCUT2D eigenvalue weighted by Gasteiger charge is -2.49. The molecule has 2 fully saturated rings. The molecule has 3 N–H and O–H groups in total. The van der Waals surface area contributed by atoms with E-state index in [0.29, 0.717) is 6.42 Å². The number of fused-ring (bicyclic) bond motifs is 2. The summed E-state index contributed by atoms with van der Waals surface area (Å²) in [5.74, 6) is -4.59. The first-order chi connectivity index (χ1) is 26.8. The first-order valence-corrected chi connectivity index (χ1v) is 17.6. The number of alkyl halides is 9. The Morgan fingerprint density at radius 3 is 1.71 bits per heavy atom. The molecular weight excluding hydrogens is 797 g/mol. The highest BCUT2D eigenvalue weighted by Crippen LogP contribution is 2.46. The number of ether oxygens (including phenoxy) is 4. The molecule has 2 aromatic carbocycles. The molecule has 316 valence electrons. The van der Waals surface area contributed by atoms with E-state index in [0.717, 1.165) is 18.3 Å². The third-order valence-electron chi connectivity index (χ3n) is 9.22. The molecule has 3 unspecified atom stereocenters. The van der Waals surface area contributed by atoms with Crippen molar-refractivity contribution in [2.24, 2.45) is 0 Å². The fourth-order valence-electron chi connectivity index (χ4n) is 6.73. The van der Waals surface area contributed by atoms with Gasteiger partial charge in [0, 0.05) is 24.7 Å². The molecule has 21 heteroatoms. The zero-order chi connectivity index (χ0) is 42.9. The number of carbonyl (C=O) groups excluding carboxylic acids is 3. The van der Waals surface area contributed by atoms with Crippen LogP contribution < -0.4 is 39.8 Å². The molecule has 3 heterocycles. The molecule has 0 spiro atoms. The maximum absolute atomic E-state index is 14.1. The molecule has 1 aromatic heterocycles. The topological polar surface area (TPSA) is 140 Å². The molecule has 2 aliphatic rings. The number of carbonyl (C=O) groups is 3. The quantitative estimate of drug-likeness (QED) is 0.156. The van der Waals surface area contributed by atoms with Crippen molar-refractivity contribution in [3.05, 3.63) is 72.4 Å². The number of pyridine rings is 1. The molecule has 5 rings (SSSR count). The van der Waals surface area contributed by atoms with E-state index in [9.17, 15) is 53.9 Å². The van der Waals surface area contributed by atoms with Crippen molar-refractivity contribution in [1.29, 1.82) is 0 Å². The van der Waals surface area contributed by atoms with Gasteiger partial charge in [-0.1, -0.05) is 24.3 Å². The van der Waals surface area contributed by atoms with Crippen molar-refractivity contribution in [3.63, 3.8) is 0 Å². The van der Waals surface area contributed by atoms with Crippen molar-refractivity contribution < 1.29 is 72.8 Å². The van der Waals surface area contributed by atoms with Crippen molar-refractivity contribution in [2.75, 3.05) is 11.4 Å². The van der Waals surface area contributed by atoms with E-state index in [-0.39, 0.29) is 36.4 Å². The lowest BCUT2D eigenvalue weighted by atomic mass is 9.90. The Morgan fingerprint density at radius 1 is 0.741 bits per heavy atom. The van der Waals surface area contributed by atoms with Crippen LogP contribution in [0.1, 0.15) is 63.7 Å². The monoisotopic (exact) mass is 835 g/mol. The molecular formula is C37H38F9N5O7. The largest absolute Gasteiger partial charge is 0.573 e. The summed E-state index contributed by atoms with van der Waals surface area (Å²) in [6.45, 7) is 3.67. The minimum atomic E-state index is -5.08. The lowest BCUT2D eigenvalue weighted by Crippen LogP contribution is -2.68. The number of halogens is 9. The normalized spacial score (nSPS) is 19.8. The third kappa shape index (κ3) is 10.9. The highest BCUT2D eigenvalue weighted by molar-refractivity contribution is 5.94. The minimum Gasteiger partial charge on any atom is -0.474 e. The van der Waals surface area contributed by atoms with Crippen LogP contribution in [0.2, 0.25) is 0 Å². The summed E-state index contributed by atoms with van der Waals surface area (Å²) in [4.78, 5) is 46.3. The summed E-state index contributed by atoms with van der Waals surface area (Å²) in [6, 6.07) is 11.1. The van der Waals surface area contributed by atoms with Crippen molar-refractivity contribution in [2.45, 2.75) is 101 Å². The molecule has 3 atom stereocenters. The number of hydrogen-bond acceptors (Lipinski definition) is 9. The van der Waals surface area contributed by atoms with Crippen LogP contribution in [0.15, 0.2) is 66.9 Å². The molecule has 0 radical (unpaired) electrons. The first kappa shape index (κ1) is 43.5. The molecule has 3 aromatic rings. The Bertz CT molecular complexity index is 1970. The molecule has 0 saturated carbocycles. The van der Waals surface area contributed by atoms with Gasteiger partial charge in [-0.05, 0) is 83.4 Å². The number of aromatic nitrogens is 1. The molecule has 3 amide bonds.